The predicted octanol–water partition coefficient (Wildman–Crippen LogP) is -0.0100. The van der Waals surface area contributed by atoms with E-state index in [-0.39, 0.29) is 50.7 Å². The number of carboxylic acid groups (broad SMARTS) is 2. The Morgan fingerprint density at radius 3 is 1.38 bits per heavy atom. The van der Waals surface area contributed by atoms with Crippen LogP contribution in [0.15, 0.2) is 97.3 Å². The molecule has 2 saturated heterocycles. The fourth-order valence-electron chi connectivity index (χ4n) is 6.76. The number of aromatic hydroxyl groups is 5. The van der Waals surface area contributed by atoms with Crippen molar-refractivity contribution >= 4 is 33.9 Å². The third-order valence-corrected chi connectivity index (χ3v) is 10.1. The molecular weight excluding hydrogens is 872 g/mol. The third kappa shape index (κ3) is 9.01. The lowest BCUT2D eigenvalue weighted by molar-refractivity contribution is -0.271. The van der Waals surface area contributed by atoms with E-state index in [1.165, 1.54) is 54.6 Å². The van der Waals surface area contributed by atoms with E-state index in [1.807, 2.05) is 0 Å². The molecule has 0 amide bonds. The van der Waals surface area contributed by atoms with Gasteiger partial charge in [-0.3, -0.25) is 9.59 Å². The van der Waals surface area contributed by atoms with Crippen molar-refractivity contribution < 1.29 is 104 Å². The van der Waals surface area contributed by atoms with Gasteiger partial charge in [0.2, 0.25) is 18.3 Å². The molecule has 2 fully saturated rings. The Labute approximate surface area is 360 Å². The number of hydrogen-bond donors (Lipinski definition) is 13. The number of aliphatic hydroxyl groups excluding tert-OH is 6. The number of ether oxygens (including phenoxy) is 4. The molecule has 0 bridgehead atoms. The second-order valence-electron chi connectivity index (χ2n) is 14.5. The van der Waals surface area contributed by atoms with Crippen LogP contribution in [0.3, 0.4) is 0 Å². The summed E-state index contributed by atoms with van der Waals surface area (Å²) in [5.74, 6) is -6.12. The maximum atomic E-state index is 12.6. The maximum Gasteiger partial charge on any atom is 0.335 e. The van der Waals surface area contributed by atoms with Gasteiger partial charge in [-0.1, -0.05) is 0 Å². The quantitative estimate of drug-likeness (QED) is 0.0893. The van der Waals surface area contributed by atoms with Gasteiger partial charge >= 0.3 is 11.9 Å². The Morgan fingerprint density at radius 2 is 0.923 bits per heavy atom. The molecule has 10 atom stereocenters. The standard InChI is InChI=1S/C21H18O12.C21H18O11/c22-8-3-1-7(2-4-8)10-5-9(23)13-11(31-10)6-12(14(24)15(13)25)32-21-18(28)16(26)17(27)19(33-21)20(29)30;22-9-3-1-8(2-4-9)13-7-12(24)15-11(23)5-10(6-14(15)31-13)30-21-18(27)16(25)17(26)19(32-21)20(28)29/h1-6,16-19,21-22,24-28H,(H,29,30);1-7,16-19,21-23,25-27H,(H,28,29)/t16-,17-,18+,19-,21+;16-,17-,18+,19?,21+/m00/s1. The molecule has 4 heterocycles. The van der Waals surface area contributed by atoms with E-state index in [1.54, 1.807) is 0 Å². The molecule has 23 nitrogen and oxygen atoms in total. The van der Waals surface area contributed by atoms with E-state index < -0.39 is 107 Å². The first-order valence-electron chi connectivity index (χ1n) is 18.8. The predicted molar refractivity (Wildman–Crippen MR) is 214 cm³/mol. The van der Waals surface area contributed by atoms with Crippen molar-refractivity contribution in [1.82, 2.24) is 0 Å². The van der Waals surface area contributed by atoms with E-state index in [0.717, 1.165) is 24.3 Å². The van der Waals surface area contributed by atoms with Gasteiger partial charge in [-0.15, -0.1) is 0 Å². The SMILES string of the molecule is O=C(O)C1O[C@@H](Oc2cc(O)c3c(=O)cc(-c4ccc(O)cc4)oc3c2)[C@H](O)[C@@H](O)[C@@H]1O.O=C(O)[C@H]1O[C@@H](Oc2cc3oc(-c4ccc(O)cc4)cc(=O)c3c(O)c2O)[C@H](O)[C@@H](O)[C@@H]1O. The van der Waals surface area contributed by atoms with Crippen LogP contribution >= 0.6 is 0 Å². The Morgan fingerprint density at radius 1 is 0.492 bits per heavy atom. The third-order valence-electron chi connectivity index (χ3n) is 10.1. The molecule has 23 heteroatoms. The molecule has 0 spiro atoms. The molecule has 2 aliphatic heterocycles. The minimum Gasteiger partial charge on any atom is -0.508 e. The minimum absolute atomic E-state index is 0.0156. The van der Waals surface area contributed by atoms with Crippen LogP contribution in [0.5, 0.6) is 40.2 Å². The van der Waals surface area contributed by atoms with Gasteiger partial charge < -0.3 is 94.2 Å². The number of carboxylic acids is 2. The molecule has 13 N–H and O–H groups in total. The van der Waals surface area contributed by atoms with Crippen LogP contribution < -0.4 is 20.3 Å². The van der Waals surface area contributed by atoms with Crippen molar-refractivity contribution in [3.05, 3.63) is 99.3 Å². The molecule has 0 saturated carbocycles. The first-order valence-corrected chi connectivity index (χ1v) is 18.8. The summed E-state index contributed by atoms with van der Waals surface area (Å²) in [6.07, 6.45) is -18.8. The highest BCUT2D eigenvalue weighted by atomic mass is 16.7. The summed E-state index contributed by atoms with van der Waals surface area (Å²) < 4.78 is 32.0. The summed E-state index contributed by atoms with van der Waals surface area (Å²) in [6, 6.07) is 17.0. The van der Waals surface area contributed by atoms with E-state index in [4.69, 9.17) is 38.0 Å². The van der Waals surface area contributed by atoms with E-state index in [0.29, 0.717) is 11.1 Å². The van der Waals surface area contributed by atoms with Crippen LogP contribution in [-0.4, -0.2) is 140 Å². The summed E-state index contributed by atoms with van der Waals surface area (Å²) in [7, 11) is 0. The summed E-state index contributed by atoms with van der Waals surface area (Å²) in [5, 5.41) is 127. The molecule has 8 rings (SSSR count). The van der Waals surface area contributed by atoms with Crippen LogP contribution in [0.25, 0.3) is 44.6 Å². The maximum absolute atomic E-state index is 12.6. The van der Waals surface area contributed by atoms with Gasteiger partial charge in [0.1, 0.15) is 93.1 Å². The summed E-state index contributed by atoms with van der Waals surface area (Å²) >= 11 is 0. The largest absolute Gasteiger partial charge is 0.508 e. The minimum atomic E-state index is -1.96. The number of carbonyl (C=O) groups is 2. The lowest BCUT2D eigenvalue weighted by atomic mass is 9.99. The Kier molecular flexibility index (Phi) is 12.6. The number of aliphatic carboxylic acids is 2. The van der Waals surface area contributed by atoms with Crippen LogP contribution in [0.4, 0.5) is 0 Å². The fourth-order valence-corrected chi connectivity index (χ4v) is 6.76. The zero-order chi connectivity index (χ0) is 47.2. The Balaban J connectivity index is 0.000000194. The molecule has 1 unspecified atom stereocenters. The summed E-state index contributed by atoms with van der Waals surface area (Å²) in [6.45, 7) is 0. The highest BCUT2D eigenvalue weighted by Crippen LogP contribution is 2.43. The molecule has 65 heavy (non-hydrogen) atoms. The first kappa shape index (κ1) is 45.5. The van der Waals surface area contributed by atoms with Crippen molar-refractivity contribution in [2.75, 3.05) is 0 Å². The van der Waals surface area contributed by atoms with Crippen LogP contribution in [0.1, 0.15) is 0 Å². The lowest BCUT2D eigenvalue weighted by Gasteiger charge is -2.38. The number of aliphatic hydroxyl groups is 6. The molecule has 6 aromatic rings. The highest BCUT2D eigenvalue weighted by molar-refractivity contribution is 5.89. The van der Waals surface area contributed by atoms with Crippen molar-refractivity contribution in [2.45, 2.75) is 61.4 Å². The summed E-state index contributed by atoms with van der Waals surface area (Å²) in [5.41, 5.74) is -0.712. The monoisotopic (exact) mass is 908 g/mol. The van der Waals surface area contributed by atoms with E-state index in [2.05, 4.69) is 0 Å². The number of phenols is 5. The lowest BCUT2D eigenvalue weighted by Crippen LogP contribution is -2.61. The van der Waals surface area contributed by atoms with Gasteiger partial charge in [0, 0.05) is 41.5 Å². The molecular formula is C42H36O23. The molecule has 2 aromatic heterocycles. The second kappa shape index (κ2) is 17.9. The van der Waals surface area contributed by atoms with Crippen molar-refractivity contribution in [2.24, 2.45) is 0 Å². The van der Waals surface area contributed by atoms with Crippen LogP contribution in [-0.2, 0) is 19.1 Å². The molecule has 4 aromatic carbocycles. The Bertz CT molecular complexity index is 2870. The van der Waals surface area contributed by atoms with E-state index in [9.17, 15) is 75.3 Å². The molecule has 0 radical (unpaired) electrons. The van der Waals surface area contributed by atoms with Gasteiger partial charge in [0.15, 0.2) is 34.6 Å². The summed E-state index contributed by atoms with van der Waals surface area (Å²) in [4.78, 5) is 47.6. The number of hydrogen-bond acceptors (Lipinski definition) is 21. The number of fused-ring (bicyclic) bond motifs is 2. The Hall–Kier alpha value is -7.48. The zero-order valence-corrected chi connectivity index (χ0v) is 32.7. The van der Waals surface area contributed by atoms with E-state index >= 15 is 0 Å². The normalized spacial score (nSPS) is 25.3. The number of benzene rings is 4. The topological polar surface area (TPSA) is 394 Å². The first-order chi connectivity index (χ1) is 30.7. The molecule has 342 valence electrons. The molecule has 0 aliphatic carbocycles. The van der Waals surface area contributed by atoms with Gasteiger partial charge in [-0.05, 0) is 48.5 Å². The fraction of sp³-hybridized carbons (Fsp3) is 0.238. The van der Waals surface area contributed by atoms with Gasteiger partial charge in [0.05, 0.1) is 0 Å². The average Bonchev–Trinajstić information content (AvgIpc) is 3.25. The van der Waals surface area contributed by atoms with Gasteiger partial charge in [0.25, 0.3) is 0 Å². The van der Waals surface area contributed by atoms with Crippen molar-refractivity contribution in [1.29, 1.82) is 0 Å². The van der Waals surface area contributed by atoms with Gasteiger partial charge in [-0.2, -0.15) is 0 Å². The van der Waals surface area contributed by atoms with Crippen molar-refractivity contribution in [3.63, 3.8) is 0 Å². The van der Waals surface area contributed by atoms with Gasteiger partial charge in [-0.25, -0.2) is 9.59 Å². The second-order valence-corrected chi connectivity index (χ2v) is 14.5. The average molecular weight is 909 g/mol. The van der Waals surface area contributed by atoms with Crippen LogP contribution in [0.2, 0.25) is 0 Å². The number of rotatable bonds is 8. The number of phenolic OH excluding ortho intramolecular Hbond substituents is 5. The zero-order valence-electron chi connectivity index (χ0n) is 32.7. The van der Waals surface area contributed by atoms with Crippen molar-refractivity contribution in [3.8, 4) is 62.9 Å². The highest BCUT2D eigenvalue weighted by Gasteiger charge is 2.49. The van der Waals surface area contributed by atoms with Crippen LogP contribution in [0, 0.1) is 0 Å². The smallest absolute Gasteiger partial charge is 0.335 e. The molecule has 2 aliphatic rings.